The number of hydrogen-bond acceptors (Lipinski definition) is 3. The van der Waals surface area contributed by atoms with Gasteiger partial charge < -0.3 is 9.64 Å². The fourth-order valence-corrected chi connectivity index (χ4v) is 3.60. The van der Waals surface area contributed by atoms with Crippen LogP contribution in [0.3, 0.4) is 0 Å². The molecule has 1 aliphatic heterocycles. The van der Waals surface area contributed by atoms with E-state index >= 15 is 0 Å². The van der Waals surface area contributed by atoms with Crippen molar-refractivity contribution in [3.8, 4) is 5.75 Å². The van der Waals surface area contributed by atoms with Gasteiger partial charge in [-0.25, -0.2) is 8.78 Å². The quantitative estimate of drug-likeness (QED) is 0.640. The van der Waals surface area contributed by atoms with Crippen LogP contribution in [0.15, 0.2) is 42.5 Å². The third kappa shape index (κ3) is 5.72. The van der Waals surface area contributed by atoms with Crippen molar-refractivity contribution < 1.29 is 31.5 Å². The van der Waals surface area contributed by atoms with Crippen molar-refractivity contribution in [2.24, 2.45) is 0 Å². The Bertz CT molecular complexity index is 917. The standard InChI is InChI=1S/C22H23F5N2O2/c1-14-11-29(15(2)10-28(14)12-16-3-6-18(23)7-4-16)21(30)13-31-20-9-17(22(25,26)27)5-8-19(20)24/h3-9,14-15H,10-13H2,1-2H3. The predicted molar refractivity (Wildman–Crippen MR) is 104 cm³/mol. The van der Waals surface area contributed by atoms with E-state index in [0.29, 0.717) is 37.8 Å². The summed E-state index contributed by atoms with van der Waals surface area (Å²) >= 11 is 0. The largest absolute Gasteiger partial charge is 0.481 e. The van der Waals surface area contributed by atoms with Crippen LogP contribution in [0.4, 0.5) is 22.0 Å². The average molecular weight is 442 g/mol. The summed E-state index contributed by atoms with van der Waals surface area (Å²) in [6.07, 6.45) is -4.64. The zero-order valence-corrected chi connectivity index (χ0v) is 17.1. The highest BCUT2D eigenvalue weighted by Crippen LogP contribution is 2.32. The van der Waals surface area contributed by atoms with E-state index in [-0.39, 0.29) is 17.9 Å². The van der Waals surface area contributed by atoms with E-state index in [4.69, 9.17) is 4.74 Å². The molecule has 1 saturated heterocycles. The van der Waals surface area contributed by atoms with Gasteiger partial charge in [0.1, 0.15) is 5.82 Å². The third-order valence-electron chi connectivity index (χ3n) is 5.34. The maximum absolute atomic E-state index is 13.8. The predicted octanol–water partition coefficient (Wildman–Crippen LogP) is 4.48. The van der Waals surface area contributed by atoms with E-state index in [1.54, 1.807) is 17.0 Å². The number of halogens is 5. The van der Waals surface area contributed by atoms with E-state index in [1.807, 2.05) is 13.8 Å². The van der Waals surface area contributed by atoms with E-state index in [1.165, 1.54) is 12.1 Å². The molecule has 1 heterocycles. The molecular weight excluding hydrogens is 419 g/mol. The number of nitrogens with zero attached hydrogens (tertiary/aromatic N) is 2. The Morgan fingerprint density at radius 3 is 2.35 bits per heavy atom. The van der Waals surface area contributed by atoms with Crippen molar-refractivity contribution in [1.82, 2.24) is 9.80 Å². The van der Waals surface area contributed by atoms with Crippen LogP contribution in [-0.4, -0.2) is 47.5 Å². The Hall–Kier alpha value is -2.68. The van der Waals surface area contributed by atoms with E-state index in [2.05, 4.69) is 4.90 Å². The van der Waals surface area contributed by atoms with Crippen molar-refractivity contribution in [3.63, 3.8) is 0 Å². The molecule has 168 valence electrons. The summed E-state index contributed by atoms with van der Waals surface area (Å²) in [6, 6.07) is 7.87. The monoisotopic (exact) mass is 442 g/mol. The van der Waals surface area contributed by atoms with Crippen LogP contribution >= 0.6 is 0 Å². The lowest BCUT2D eigenvalue weighted by Crippen LogP contribution is -2.58. The minimum atomic E-state index is -4.64. The highest BCUT2D eigenvalue weighted by Gasteiger charge is 2.33. The molecule has 0 aliphatic carbocycles. The molecule has 9 heteroatoms. The molecular formula is C22H23F5N2O2. The molecule has 2 aromatic rings. The minimum Gasteiger partial charge on any atom is -0.481 e. The first-order valence-corrected chi connectivity index (χ1v) is 9.82. The number of amides is 1. The normalized spacial score (nSPS) is 20.0. The number of piperazine rings is 1. The van der Waals surface area contributed by atoms with E-state index in [9.17, 15) is 26.7 Å². The number of ether oxygens (including phenoxy) is 1. The number of benzene rings is 2. The molecule has 31 heavy (non-hydrogen) atoms. The van der Waals surface area contributed by atoms with Gasteiger partial charge in [-0.2, -0.15) is 13.2 Å². The van der Waals surface area contributed by atoms with Gasteiger partial charge in [-0.1, -0.05) is 12.1 Å². The van der Waals surface area contributed by atoms with Crippen molar-refractivity contribution in [2.75, 3.05) is 19.7 Å². The van der Waals surface area contributed by atoms with Crippen LogP contribution in [0.1, 0.15) is 25.0 Å². The summed E-state index contributed by atoms with van der Waals surface area (Å²) in [7, 11) is 0. The molecule has 2 aromatic carbocycles. The van der Waals surface area contributed by atoms with Crippen LogP contribution in [0.2, 0.25) is 0 Å². The molecule has 4 nitrogen and oxygen atoms in total. The van der Waals surface area contributed by atoms with Gasteiger partial charge in [-0.3, -0.25) is 9.69 Å². The van der Waals surface area contributed by atoms with Gasteiger partial charge >= 0.3 is 6.18 Å². The summed E-state index contributed by atoms with van der Waals surface area (Å²) in [6.45, 7) is 4.78. The van der Waals surface area contributed by atoms with Crippen molar-refractivity contribution >= 4 is 5.91 Å². The molecule has 0 aromatic heterocycles. The maximum Gasteiger partial charge on any atom is 0.416 e. The number of carbonyl (C=O) groups excluding carboxylic acids is 1. The zero-order chi connectivity index (χ0) is 22.8. The fourth-order valence-electron chi connectivity index (χ4n) is 3.60. The average Bonchev–Trinajstić information content (AvgIpc) is 2.70. The van der Waals surface area contributed by atoms with Gasteiger partial charge in [0.15, 0.2) is 18.2 Å². The lowest BCUT2D eigenvalue weighted by atomic mass is 10.1. The molecule has 1 amide bonds. The molecule has 0 N–H and O–H groups in total. The molecule has 1 fully saturated rings. The van der Waals surface area contributed by atoms with Crippen molar-refractivity contribution in [3.05, 3.63) is 65.2 Å². The first-order valence-electron chi connectivity index (χ1n) is 9.82. The smallest absolute Gasteiger partial charge is 0.416 e. The Morgan fingerprint density at radius 2 is 1.71 bits per heavy atom. The Kier molecular flexibility index (Phi) is 6.83. The molecule has 0 spiro atoms. The lowest BCUT2D eigenvalue weighted by molar-refractivity contribution is -0.139. The van der Waals surface area contributed by atoms with Crippen molar-refractivity contribution in [2.45, 2.75) is 38.7 Å². The highest BCUT2D eigenvalue weighted by atomic mass is 19.4. The third-order valence-corrected chi connectivity index (χ3v) is 5.34. The Morgan fingerprint density at radius 1 is 1.03 bits per heavy atom. The van der Waals surface area contributed by atoms with Crippen LogP contribution in [0, 0.1) is 11.6 Å². The maximum atomic E-state index is 13.8. The first kappa shape index (κ1) is 23.0. The van der Waals surface area contributed by atoms with Gasteiger partial charge in [0, 0.05) is 31.7 Å². The second-order valence-electron chi connectivity index (χ2n) is 7.73. The SMILES string of the molecule is CC1CN(C(=O)COc2cc(C(F)(F)F)ccc2F)C(C)CN1Cc1ccc(F)cc1. The van der Waals surface area contributed by atoms with Crippen LogP contribution < -0.4 is 4.74 Å². The number of carbonyl (C=O) groups is 1. The lowest BCUT2D eigenvalue weighted by Gasteiger charge is -2.44. The molecule has 2 atom stereocenters. The summed E-state index contributed by atoms with van der Waals surface area (Å²) in [5.41, 5.74) is -0.101. The highest BCUT2D eigenvalue weighted by molar-refractivity contribution is 5.78. The second kappa shape index (κ2) is 9.21. The Balaban J connectivity index is 1.60. The summed E-state index contributed by atoms with van der Waals surface area (Å²) < 4.78 is 70.5. The minimum absolute atomic E-state index is 0.00417. The Labute approximate surface area is 177 Å². The topological polar surface area (TPSA) is 32.8 Å². The van der Waals surface area contributed by atoms with Crippen LogP contribution in [0.25, 0.3) is 0 Å². The van der Waals surface area contributed by atoms with Gasteiger partial charge in [-0.15, -0.1) is 0 Å². The van der Waals surface area contributed by atoms with Gasteiger partial charge in [0.25, 0.3) is 5.91 Å². The van der Waals surface area contributed by atoms with Crippen LogP contribution in [-0.2, 0) is 17.5 Å². The van der Waals surface area contributed by atoms with E-state index < -0.39 is 35.8 Å². The van der Waals surface area contributed by atoms with Crippen molar-refractivity contribution in [1.29, 1.82) is 0 Å². The molecule has 1 aliphatic rings. The van der Waals surface area contributed by atoms with Gasteiger partial charge in [0.05, 0.1) is 5.56 Å². The number of rotatable bonds is 5. The molecule has 0 bridgehead atoms. The van der Waals surface area contributed by atoms with Gasteiger partial charge in [-0.05, 0) is 49.7 Å². The van der Waals surface area contributed by atoms with Crippen LogP contribution in [0.5, 0.6) is 5.75 Å². The summed E-state index contributed by atoms with van der Waals surface area (Å²) in [5.74, 6) is -2.32. The second-order valence-corrected chi connectivity index (χ2v) is 7.73. The molecule has 2 unspecified atom stereocenters. The molecule has 0 radical (unpaired) electrons. The number of hydrogen-bond donors (Lipinski definition) is 0. The first-order chi connectivity index (χ1) is 14.5. The van der Waals surface area contributed by atoms with E-state index in [0.717, 1.165) is 5.56 Å². The zero-order valence-electron chi connectivity index (χ0n) is 17.1. The molecule has 0 saturated carbocycles. The molecule has 3 rings (SSSR count). The summed E-state index contributed by atoms with van der Waals surface area (Å²) in [5, 5.41) is 0. The fraction of sp³-hybridized carbons (Fsp3) is 0.409. The summed E-state index contributed by atoms with van der Waals surface area (Å²) in [4.78, 5) is 16.4. The van der Waals surface area contributed by atoms with Gasteiger partial charge in [0.2, 0.25) is 0 Å². The number of alkyl halides is 3.